The van der Waals surface area contributed by atoms with Gasteiger partial charge in [-0.05, 0) is 53.6 Å². The predicted octanol–water partition coefficient (Wildman–Crippen LogP) is 3.46. The summed E-state index contributed by atoms with van der Waals surface area (Å²) in [5, 5.41) is 4.25. The van der Waals surface area contributed by atoms with Gasteiger partial charge in [-0.1, -0.05) is 30.3 Å². The van der Waals surface area contributed by atoms with Gasteiger partial charge in [0.1, 0.15) is 9.77 Å². The molecule has 0 bridgehead atoms. The van der Waals surface area contributed by atoms with Gasteiger partial charge in [0.25, 0.3) is 5.91 Å². The third-order valence-corrected chi connectivity index (χ3v) is 9.47. The summed E-state index contributed by atoms with van der Waals surface area (Å²) in [6, 6.07) is 13.6. The highest BCUT2D eigenvalue weighted by Crippen LogP contribution is 2.30. The number of carbonyl (C=O) groups excluding carboxylic acids is 1. The third-order valence-electron chi connectivity index (χ3n) is 5.43. The van der Waals surface area contributed by atoms with Crippen molar-refractivity contribution in [2.45, 2.75) is 29.7 Å². The molecule has 0 unspecified atom stereocenters. The van der Waals surface area contributed by atoms with Crippen LogP contribution in [0.5, 0.6) is 0 Å². The van der Waals surface area contributed by atoms with Gasteiger partial charge in [0, 0.05) is 25.0 Å². The quantitative estimate of drug-likeness (QED) is 0.590. The number of rotatable bonds is 5. The number of hydrogen-bond acceptors (Lipinski definition) is 6. The molecule has 10 heteroatoms. The van der Waals surface area contributed by atoms with E-state index in [9.17, 15) is 21.6 Å². The van der Waals surface area contributed by atoms with Crippen LogP contribution in [0, 0.1) is 6.92 Å². The Morgan fingerprint density at radius 3 is 2.47 bits per heavy atom. The molecule has 2 aromatic carbocycles. The number of sulfonamides is 1. The van der Waals surface area contributed by atoms with Gasteiger partial charge >= 0.3 is 0 Å². The molecule has 0 atom stereocenters. The van der Waals surface area contributed by atoms with Crippen LogP contribution in [0.15, 0.2) is 63.7 Å². The summed E-state index contributed by atoms with van der Waals surface area (Å²) in [4.78, 5) is 13.1. The number of amides is 1. The number of anilines is 1. The SMILES string of the molecule is Cc1ccc(S(C)(=O)=O)cc1NC(=O)c1sccc1S(=O)(=O)N1CCc2ccccc2C1. The van der Waals surface area contributed by atoms with Crippen LogP contribution >= 0.6 is 11.3 Å². The maximum Gasteiger partial charge on any atom is 0.267 e. The largest absolute Gasteiger partial charge is 0.321 e. The average molecular weight is 491 g/mol. The van der Waals surface area contributed by atoms with E-state index in [1.54, 1.807) is 18.4 Å². The van der Waals surface area contributed by atoms with Crippen LogP contribution < -0.4 is 5.32 Å². The van der Waals surface area contributed by atoms with E-state index in [1.165, 1.54) is 22.5 Å². The Kier molecular flexibility index (Phi) is 5.97. The lowest BCUT2D eigenvalue weighted by Crippen LogP contribution is -2.36. The highest BCUT2D eigenvalue weighted by atomic mass is 32.2. The summed E-state index contributed by atoms with van der Waals surface area (Å²) < 4.78 is 51.8. The van der Waals surface area contributed by atoms with Crippen LogP contribution in [-0.4, -0.2) is 39.8 Å². The van der Waals surface area contributed by atoms with Crippen LogP contribution in [0.3, 0.4) is 0 Å². The number of benzene rings is 2. The number of carbonyl (C=O) groups is 1. The zero-order valence-electron chi connectivity index (χ0n) is 17.5. The maximum absolute atomic E-state index is 13.4. The molecule has 0 spiro atoms. The Labute approximate surface area is 191 Å². The van der Waals surface area contributed by atoms with Crippen molar-refractivity contribution in [3.8, 4) is 0 Å². The Morgan fingerprint density at radius 1 is 1.03 bits per heavy atom. The van der Waals surface area contributed by atoms with E-state index in [1.807, 2.05) is 24.3 Å². The number of sulfone groups is 1. The van der Waals surface area contributed by atoms with E-state index in [0.29, 0.717) is 24.2 Å². The van der Waals surface area contributed by atoms with Gasteiger partial charge in [-0.2, -0.15) is 4.31 Å². The summed E-state index contributed by atoms with van der Waals surface area (Å²) in [7, 11) is -7.34. The van der Waals surface area contributed by atoms with Crippen molar-refractivity contribution in [2.24, 2.45) is 0 Å². The number of fused-ring (bicyclic) bond motifs is 1. The Bertz CT molecular complexity index is 1410. The summed E-state index contributed by atoms with van der Waals surface area (Å²) in [5.41, 5.74) is 3.07. The lowest BCUT2D eigenvalue weighted by atomic mass is 10.0. The minimum atomic E-state index is -3.88. The molecule has 0 saturated heterocycles. The Balaban J connectivity index is 1.62. The number of aryl methyl sites for hydroxylation is 1. The highest BCUT2D eigenvalue weighted by molar-refractivity contribution is 7.90. The molecular weight excluding hydrogens is 468 g/mol. The van der Waals surface area contributed by atoms with Crippen molar-refractivity contribution in [3.05, 3.63) is 75.5 Å². The zero-order chi connectivity index (χ0) is 23.1. The van der Waals surface area contributed by atoms with E-state index in [2.05, 4.69) is 5.32 Å². The molecule has 0 aliphatic carbocycles. The van der Waals surface area contributed by atoms with E-state index in [0.717, 1.165) is 28.7 Å². The molecule has 168 valence electrons. The lowest BCUT2D eigenvalue weighted by Gasteiger charge is -2.28. The van der Waals surface area contributed by atoms with E-state index in [-0.39, 0.29) is 21.2 Å². The van der Waals surface area contributed by atoms with E-state index < -0.39 is 25.8 Å². The second kappa shape index (κ2) is 8.43. The number of thiophene rings is 1. The molecule has 1 aliphatic rings. The summed E-state index contributed by atoms with van der Waals surface area (Å²) in [5.74, 6) is -0.593. The van der Waals surface area contributed by atoms with Gasteiger partial charge in [0.2, 0.25) is 10.0 Å². The molecule has 0 saturated carbocycles. The van der Waals surface area contributed by atoms with Gasteiger partial charge in [0.05, 0.1) is 4.90 Å². The van der Waals surface area contributed by atoms with Crippen molar-refractivity contribution in [3.63, 3.8) is 0 Å². The number of nitrogens with one attached hydrogen (secondary N) is 1. The summed E-state index contributed by atoms with van der Waals surface area (Å²) in [6.07, 6.45) is 1.70. The monoisotopic (exact) mass is 490 g/mol. The molecule has 0 fully saturated rings. The third kappa shape index (κ3) is 4.36. The first kappa shape index (κ1) is 22.7. The van der Waals surface area contributed by atoms with Gasteiger partial charge in [-0.25, -0.2) is 16.8 Å². The fourth-order valence-electron chi connectivity index (χ4n) is 3.63. The van der Waals surface area contributed by atoms with Crippen molar-refractivity contribution in [1.29, 1.82) is 0 Å². The van der Waals surface area contributed by atoms with Gasteiger partial charge in [-0.15, -0.1) is 11.3 Å². The van der Waals surface area contributed by atoms with Crippen LogP contribution in [0.25, 0.3) is 0 Å². The molecule has 2 heterocycles. The van der Waals surface area contributed by atoms with Crippen molar-refractivity contribution >= 4 is 42.8 Å². The average Bonchev–Trinajstić information content (AvgIpc) is 3.25. The van der Waals surface area contributed by atoms with E-state index >= 15 is 0 Å². The first-order valence-electron chi connectivity index (χ1n) is 9.84. The smallest absolute Gasteiger partial charge is 0.267 e. The minimum absolute atomic E-state index is 0.0451. The molecule has 1 aliphatic heterocycles. The standard InChI is InChI=1S/C22H22N2O5S3/c1-15-7-8-18(31(2,26)27)13-19(15)23-22(25)21-20(10-12-30-21)32(28,29)24-11-9-16-5-3-4-6-17(16)14-24/h3-8,10,12-13H,9,11,14H2,1-2H3,(H,23,25). The molecule has 7 nitrogen and oxygen atoms in total. The van der Waals surface area contributed by atoms with Crippen LogP contribution in [0.4, 0.5) is 5.69 Å². The van der Waals surface area contributed by atoms with Gasteiger partial charge in [0.15, 0.2) is 9.84 Å². The van der Waals surface area contributed by atoms with Crippen molar-refractivity contribution in [2.75, 3.05) is 18.1 Å². The second-order valence-electron chi connectivity index (χ2n) is 7.67. The summed E-state index contributed by atoms with van der Waals surface area (Å²) >= 11 is 1.03. The molecule has 1 N–H and O–H groups in total. The molecule has 0 radical (unpaired) electrons. The normalized spacial score (nSPS) is 14.7. The first-order valence-corrected chi connectivity index (χ1v) is 14.0. The van der Waals surface area contributed by atoms with Crippen molar-refractivity contribution < 1.29 is 21.6 Å². The Hall–Kier alpha value is -2.53. The van der Waals surface area contributed by atoms with Crippen molar-refractivity contribution in [1.82, 2.24) is 4.31 Å². The molecular formula is C22H22N2O5S3. The zero-order valence-corrected chi connectivity index (χ0v) is 20.0. The Morgan fingerprint density at radius 2 is 1.75 bits per heavy atom. The lowest BCUT2D eigenvalue weighted by molar-refractivity contribution is 0.102. The molecule has 1 aromatic heterocycles. The van der Waals surface area contributed by atoms with E-state index in [4.69, 9.17) is 0 Å². The number of hydrogen-bond donors (Lipinski definition) is 1. The molecule has 32 heavy (non-hydrogen) atoms. The second-order valence-corrected chi connectivity index (χ2v) is 12.5. The fraction of sp³-hybridized carbons (Fsp3) is 0.227. The molecule has 1 amide bonds. The maximum atomic E-state index is 13.4. The van der Waals surface area contributed by atoms with Gasteiger partial charge in [-0.3, -0.25) is 4.79 Å². The highest BCUT2D eigenvalue weighted by Gasteiger charge is 2.32. The van der Waals surface area contributed by atoms with Crippen LogP contribution in [0.1, 0.15) is 26.4 Å². The predicted molar refractivity (Wildman–Crippen MR) is 124 cm³/mol. The molecule has 3 aromatic rings. The molecule has 4 rings (SSSR count). The fourth-order valence-corrected chi connectivity index (χ4v) is 6.99. The first-order chi connectivity index (χ1) is 15.1. The topological polar surface area (TPSA) is 101 Å². The van der Waals surface area contributed by atoms with Crippen LogP contribution in [-0.2, 0) is 32.8 Å². The van der Waals surface area contributed by atoms with Crippen LogP contribution in [0.2, 0.25) is 0 Å². The summed E-state index contributed by atoms with van der Waals surface area (Å²) in [6.45, 7) is 2.33. The minimum Gasteiger partial charge on any atom is -0.321 e. The number of nitrogens with zero attached hydrogens (tertiary/aromatic N) is 1. The van der Waals surface area contributed by atoms with Gasteiger partial charge < -0.3 is 5.32 Å².